The minimum atomic E-state index is -0.195. The molecule has 2 fully saturated rings. The predicted octanol–water partition coefficient (Wildman–Crippen LogP) is 3.08. The average Bonchev–Trinajstić information content (AvgIpc) is 3.04. The third kappa shape index (κ3) is 2.87. The van der Waals surface area contributed by atoms with Crippen molar-refractivity contribution in [3.8, 4) is 0 Å². The van der Waals surface area contributed by atoms with Crippen molar-refractivity contribution in [2.24, 2.45) is 5.73 Å². The van der Waals surface area contributed by atoms with Crippen LogP contribution in [0.2, 0.25) is 5.15 Å². The summed E-state index contributed by atoms with van der Waals surface area (Å²) in [7, 11) is 0. The molecule has 1 saturated heterocycles. The number of hydrogen-bond acceptors (Lipinski definition) is 4. The Morgan fingerprint density at radius 1 is 1.33 bits per heavy atom. The topological polar surface area (TPSA) is 77.0 Å². The molecule has 1 saturated carbocycles. The molecule has 1 amide bonds. The van der Waals surface area contributed by atoms with E-state index in [1.807, 2.05) is 6.20 Å². The standard InChI is InChI=1S/C15H17BrClN5O.BrH/c16-10-6-22(15-12(10)13(17)19-7-20-15)9-4-8(5-9)21-3-1-2-11(21)14(18)23;/h6-9,11H,1-5H2,(H2,18,23);1H/t8?,9?,11-;/m0./s1. The summed E-state index contributed by atoms with van der Waals surface area (Å²) >= 11 is 9.72. The predicted molar refractivity (Wildman–Crippen MR) is 102 cm³/mol. The Kier molecular flexibility index (Phi) is 5.20. The lowest BCUT2D eigenvalue weighted by atomic mass is 9.84. The van der Waals surface area contributed by atoms with Crippen molar-refractivity contribution < 1.29 is 4.79 Å². The summed E-state index contributed by atoms with van der Waals surface area (Å²) in [6, 6.07) is 0.702. The molecule has 24 heavy (non-hydrogen) atoms. The second-order valence-corrected chi connectivity index (χ2v) is 7.54. The fraction of sp³-hybridized carbons (Fsp3) is 0.533. The van der Waals surface area contributed by atoms with Crippen LogP contribution in [0.5, 0.6) is 0 Å². The van der Waals surface area contributed by atoms with E-state index in [1.54, 1.807) is 0 Å². The number of amides is 1. The zero-order valence-corrected chi connectivity index (χ0v) is 16.9. The maximum atomic E-state index is 11.6. The number of hydrogen-bond donors (Lipinski definition) is 1. The molecule has 1 atom stereocenters. The van der Waals surface area contributed by atoms with Crippen LogP contribution in [0.25, 0.3) is 11.0 Å². The number of primary amides is 1. The van der Waals surface area contributed by atoms with Crippen LogP contribution in [-0.4, -0.2) is 44.0 Å². The van der Waals surface area contributed by atoms with Gasteiger partial charge in [-0.3, -0.25) is 9.69 Å². The highest BCUT2D eigenvalue weighted by Gasteiger charge is 2.41. The molecule has 0 unspecified atom stereocenters. The summed E-state index contributed by atoms with van der Waals surface area (Å²) in [6.07, 6.45) is 7.46. The molecule has 2 N–H and O–H groups in total. The zero-order valence-electron chi connectivity index (χ0n) is 12.9. The second-order valence-electron chi connectivity index (χ2n) is 6.32. The molecule has 2 aromatic heterocycles. The molecule has 0 radical (unpaired) electrons. The van der Waals surface area contributed by atoms with Crippen LogP contribution in [-0.2, 0) is 4.79 Å². The van der Waals surface area contributed by atoms with Crippen LogP contribution in [0.4, 0.5) is 0 Å². The van der Waals surface area contributed by atoms with Crippen molar-refractivity contribution >= 4 is 61.5 Å². The lowest BCUT2D eigenvalue weighted by Gasteiger charge is -2.43. The van der Waals surface area contributed by atoms with Gasteiger partial charge in [0.25, 0.3) is 0 Å². The van der Waals surface area contributed by atoms with E-state index >= 15 is 0 Å². The molecule has 2 aromatic rings. The van der Waals surface area contributed by atoms with Crippen LogP contribution in [0.3, 0.4) is 0 Å². The number of carbonyl (C=O) groups is 1. The Morgan fingerprint density at radius 2 is 2.08 bits per heavy atom. The number of nitrogens with zero attached hydrogens (tertiary/aromatic N) is 4. The van der Waals surface area contributed by atoms with Gasteiger partial charge in [0.2, 0.25) is 5.91 Å². The SMILES string of the molecule is Br.NC(=O)[C@@H]1CCCN1C1CC(n2cc(Br)c3c(Cl)ncnc32)C1. The molecule has 0 bridgehead atoms. The summed E-state index contributed by atoms with van der Waals surface area (Å²) in [5, 5.41) is 1.32. The number of nitrogens with two attached hydrogens (primary N) is 1. The van der Waals surface area contributed by atoms with Gasteiger partial charge in [-0.15, -0.1) is 17.0 Å². The third-order valence-electron chi connectivity index (χ3n) is 5.09. The summed E-state index contributed by atoms with van der Waals surface area (Å²) in [5.74, 6) is -0.195. The van der Waals surface area contributed by atoms with Crippen molar-refractivity contribution in [3.63, 3.8) is 0 Å². The number of halogens is 3. The lowest BCUT2D eigenvalue weighted by Crippen LogP contribution is -2.51. The molecule has 2 aliphatic rings. The van der Waals surface area contributed by atoms with Crippen LogP contribution >= 0.6 is 44.5 Å². The lowest BCUT2D eigenvalue weighted by molar-refractivity contribution is -0.123. The highest BCUT2D eigenvalue weighted by molar-refractivity contribution is 9.10. The normalized spacial score (nSPS) is 27.0. The summed E-state index contributed by atoms with van der Waals surface area (Å²) in [4.78, 5) is 22.3. The van der Waals surface area contributed by atoms with E-state index in [2.05, 4.69) is 35.4 Å². The number of aromatic nitrogens is 3. The van der Waals surface area contributed by atoms with Gasteiger partial charge >= 0.3 is 0 Å². The molecule has 4 rings (SSSR count). The van der Waals surface area contributed by atoms with Gasteiger partial charge in [-0.05, 0) is 48.2 Å². The van der Waals surface area contributed by atoms with Gasteiger partial charge in [0.15, 0.2) is 0 Å². The van der Waals surface area contributed by atoms with E-state index < -0.39 is 0 Å². The zero-order chi connectivity index (χ0) is 16.1. The molecular weight excluding hydrogens is 461 g/mol. The monoisotopic (exact) mass is 477 g/mol. The smallest absolute Gasteiger partial charge is 0.234 e. The maximum absolute atomic E-state index is 11.6. The van der Waals surface area contributed by atoms with E-state index in [9.17, 15) is 4.79 Å². The average molecular weight is 480 g/mol. The van der Waals surface area contributed by atoms with Crippen LogP contribution in [0.15, 0.2) is 17.0 Å². The van der Waals surface area contributed by atoms with Crippen molar-refractivity contribution in [2.75, 3.05) is 6.54 Å². The highest BCUT2D eigenvalue weighted by Crippen LogP contribution is 2.42. The van der Waals surface area contributed by atoms with Gasteiger partial charge in [-0.2, -0.15) is 0 Å². The Balaban J connectivity index is 0.00000169. The van der Waals surface area contributed by atoms with Gasteiger partial charge in [0.1, 0.15) is 17.1 Å². The van der Waals surface area contributed by atoms with E-state index in [1.165, 1.54) is 6.33 Å². The molecule has 0 spiro atoms. The minimum Gasteiger partial charge on any atom is -0.368 e. The first kappa shape index (κ1) is 18.1. The molecule has 1 aliphatic carbocycles. The van der Waals surface area contributed by atoms with E-state index in [0.29, 0.717) is 17.2 Å². The molecule has 3 heterocycles. The fourth-order valence-electron chi connectivity index (χ4n) is 3.87. The van der Waals surface area contributed by atoms with Crippen LogP contribution in [0.1, 0.15) is 31.7 Å². The number of rotatable bonds is 3. The molecule has 0 aromatic carbocycles. The Labute approximate surface area is 163 Å². The first-order chi connectivity index (χ1) is 11.1. The van der Waals surface area contributed by atoms with Gasteiger partial charge in [-0.25, -0.2) is 9.97 Å². The second kappa shape index (κ2) is 6.90. The highest BCUT2D eigenvalue weighted by atomic mass is 79.9. The van der Waals surface area contributed by atoms with Crippen molar-refractivity contribution in [1.29, 1.82) is 0 Å². The maximum Gasteiger partial charge on any atom is 0.234 e. The largest absolute Gasteiger partial charge is 0.368 e. The first-order valence-electron chi connectivity index (χ1n) is 7.78. The minimum absolute atomic E-state index is 0. The molecule has 130 valence electrons. The van der Waals surface area contributed by atoms with Gasteiger partial charge < -0.3 is 10.3 Å². The van der Waals surface area contributed by atoms with Crippen molar-refractivity contribution in [1.82, 2.24) is 19.4 Å². The Hall–Kier alpha value is -0.700. The summed E-state index contributed by atoms with van der Waals surface area (Å²) < 4.78 is 3.08. The number of carbonyl (C=O) groups excluding carboxylic acids is 1. The fourth-order valence-corrected chi connectivity index (χ4v) is 4.80. The van der Waals surface area contributed by atoms with Crippen molar-refractivity contribution in [2.45, 2.75) is 43.8 Å². The van der Waals surface area contributed by atoms with Gasteiger partial charge in [-0.1, -0.05) is 11.6 Å². The molecule has 1 aliphatic heterocycles. The van der Waals surface area contributed by atoms with E-state index in [4.69, 9.17) is 17.3 Å². The quantitative estimate of drug-likeness (QED) is 0.687. The first-order valence-corrected chi connectivity index (χ1v) is 8.95. The third-order valence-corrected chi connectivity index (χ3v) is 5.98. The number of likely N-dealkylation sites (tertiary alicyclic amines) is 1. The Bertz CT molecular complexity index is 777. The summed E-state index contributed by atoms with van der Waals surface area (Å²) in [5.41, 5.74) is 6.38. The number of fused-ring (bicyclic) bond motifs is 1. The molecule has 9 heteroatoms. The van der Waals surface area contributed by atoms with Gasteiger partial charge in [0.05, 0.1) is 11.4 Å². The Morgan fingerprint density at radius 3 is 2.79 bits per heavy atom. The van der Waals surface area contributed by atoms with E-state index in [-0.39, 0.29) is 28.9 Å². The summed E-state index contributed by atoms with van der Waals surface area (Å²) in [6.45, 7) is 0.967. The van der Waals surface area contributed by atoms with E-state index in [0.717, 1.165) is 47.7 Å². The van der Waals surface area contributed by atoms with Gasteiger partial charge in [0, 0.05) is 22.8 Å². The van der Waals surface area contributed by atoms with Crippen LogP contribution < -0.4 is 5.73 Å². The molecular formula is C15H18Br2ClN5O. The molecule has 6 nitrogen and oxygen atoms in total. The van der Waals surface area contributed by atoms with Crippen LogP contribution in [0, 0.1) is 0 Å². The van der Waals surface area contributed by atoms with Crippen molar-refractivity contribution in [3.05, 3.63) is 22.1 Å².